The van der Waals surface area contributed by atoms with Gasteiger partial charge in [0.2, 0.25) is 10.0 Å². The van der Waals surface area contributed by atoms with E-state index >= 15 is 0 Å². The highest BCUT2D eigenvalue weighted by Gasteiger charge is 2.29. The van der Waals surface area contributed by atoms with E-state index in [9.17, 15) is 8.42 Å². The van der Waals surface area contributed by atoms with Crippen LogP contribution in [0.2, 0.25) is 0 Å². The minimum atomic E-state index is -3.32. The van der Waals surface area contributed by atoms with E-state index in [4.69, 9.17) is 10.5 Å². The first-order valence-corrected chi connectivity index (χ1v) is 7.22. The highest BCUT2D eigenvalue weighted by Crippen LogP contribution is 2.19. The first-order valence-electron chi connectivity index (χ1n) is 5.21. The van der Waals surface area contributed by atoms with Crippen molar-refractivity contribution in [1.29, 1.82) is 0 Å². The number of piperidine rings is 1. The average Bonchev–Trinajstić information content (AvgIpc) is 2.16. The summed E-state index contributed by atoms with van der Waals surface area (Å²) in [6.45, 7) is 1.67. The second-order valence-corrected chi connectivity index (χ2v) is 6.54. The molecule has 0 bridgehead atoms. The van der Waals surface area contributed by atoms with Crippen LogP contribution in [0.4, 0.5) is 0 Å². The lowest BCUT2D eigenvalue weighted by Gasteiger charge is -2.31. The van der Waals surface area contributed by atoms with Gasteiger partial charge in [0.1, 0.15) is 5.75 Å². The van der Waals surface area contributed by atoms with Crippen LogP contribution in [0.5, 0.6) is 0 Å². The summed E-state index contributed by atoms with van der Waals surface area (Å²) in [5, 5.41) is 0. The highest BCUT2D eigenvalue weighted by molar-refractivity contribution is 7.92. The summed E-state index contributed by atoms with van der Waals surface area (Å²) in [5.41, 5.74) is 5.28. The standard InChI is InChI=1S/C9H18N2O3S2/c1-14-6-8-3-2-4-11(5-8)16(12,13)7-9(10)15/h8H,2-7H2,1H3,(H2,10,15). The molecule has 1 aliphatic heterocycles. The van der Waals surface area contributed by atoms with Crippen molar-refractivity contribution in [2.24, 2.45) is 11.7 Å². The van der Waals surface area contributed by atoms with Crippen LogP contribution >= 0.6 is 12.2 Å². The molecular weight excluding hydrogens is 248 g/mol. The molecule has 1 fully saturated rings. The number of hydrogen-bond donors (Lipinski definition) is 1. The average molecular weight is 266 g/mol. The van der Waals surface area contributed by atoms with Crippen molar-refractivity contribution in [1.82, 2.24) is 4.31 Å². The largest absolute Gasteiger partial charge is 0.392 e. The molecule has 0 radical (unpaired) electrons. The van der Waals surface area contributed by atoms with Crippen molar-refractivity contribution < 1.29 is 13.2 Å². The quantitative estimate of drug-likeness (QED) is 0.707. The monoisotopic (exact) mass is 266 g/mol. The number of thiocarbonyl (C=S) groups is 1. The van der Waals surface area contributed by atoms with Gasteiger partial charge < -0.3 is 10.5 Å². The Labute approximate surface area is 102 Å². The van der Waals surface area contributed by atoms with Crippen molar-refractivity contribution in [3.63, 3.8) is 0 Å². The van der Waals surface area contributed by atoms with E-state index in [-0.39, 0.29) is 16.7 Å². The smallest absolute Gasteiger partial charge is 0.220 e. The third-order valence-corrected chi connectivity index (χ3v) is 4.72. The first-order chi connectivity index (χ1) is 7.45. The first kappa shape index (κ1) is 13.8. The van der Waals surface area contributed by atoms with Crippen LogP contribution in [0.3, 0.4) is 0 Å². The molecule has 0 aliphatic carbocycles. The van der Waals surface area contributed by atoms with E-state index in [1.54, 1.807) is 7.11 Å². The van der Waals surface area contributed by atoms with Gasteiger partial charge in [-0.2, -0.15) is 0 Å². The Morgan fingerprint density at radius 1 is 1.62 bits per heavy atom. The van der Waals surface area contributed by atoms with Crippen LogP contribution in [0.25, 0.3) is 0 Å². The third kappa shape index (κ3) is 3.97. The van der Waals surface area contributed by atoms with Crippen LogP contribution < -0.4 is 5.73 Å². The molecule has 1 rings (SSSR count). The maximum atomic E-state index is 11.9. The Balaban J connectivity index is 2.62. The van der Waals surface area contributed by atoms with Crippen LogP contribution in [-0.4, -0.2) is 50.3 Å². The number of nitrogens with zero attached hydrogens (tertiary/aromatic N) is 1. The Hall–Kier alpha value is -0.240. The van der Waals surface area contributed by atoms with Gasteiger partial charge in [0.25, 0.3) is 0 Å². The van der Waals surface area contributed by atoms with Crippen molar-refractivity contribution in [2.75, 3.05) is 32.6 Å². The minimum Gasteiger partial charge on any atom is -0.392 e. The van der Waals surface area contributed by atoms with Gasteiger partial charge >= 0.3 is 0 Å². The molecule has 2 N–H and O–H groups in total. The van der Waals surface area contributed by atoms with Gasteiger partial charge in [-0.15, -0.1) is 0 Å². The Bertz CT molecular complexity index is 341. The predicted molar refractivity (Wildman–Crippen MR) is 66.7 cm³/mol. The fourth-order valence-electron chi connectivity index (χ4n) is 1.92. The number of rotatable bonds is 5. The fraction of sp³-hybridized carbons (Fsp3) is 0.889. The SMILES string of the molecule is COCC1CCCN(S(=O)(=O)CC(N)=S)C1. The molecule has 0 aromatic heterocycles. The molecule has 0 aromatic carbocycles. The summed E-state index contributed by atoms with van der Waals surface area (Å²) in [6, 6.07) is 0. The zero-order valence-corrected chi connectivity index (χ0v) is 11.0. The molecule has 16 heavy (non-hydrogen) atoms. The normalized spacial score (nSPS) is 23.2. The molecule has 7 heteroatoms. The highest BCUT2D eigenvalue weighted by atomic mass is 32.2. The number of hydrogen-bond acceptors (Lipinski definition) is 4. The second kappa shape index (κ2) is 5.90. The lowest BCUT2D eigenvalue weighted by molar-refractivity contribution is 0.118. The second-order valence-electron chi connectivity index (χ2n) is 4.04. The van der Waals surface area contributed by atoms with Gasteiger partial charge in [-0.25, -0.2) is 12.7 Å². The van der Waals surface area contributed by atoms with Crippen molar-refractivity contribution in [2.45, 2.75) is 12.8 Å². The van der Waals surface area contributed by atoms with E-state index in [1.807, 2.05) is 0 Å². The van der Waals surface area contributed by atoms with Gasteiger partial charge in [0.05, 0.1) is 11.6 Å². The van der Waals surface area contributed by atoms with Gasteiger partial charge in [-0.1, -0.05) is 12.2 Å². The molecule has 5 nitrogen and oxygen atoms in total. The molecular formula is C9H18N2O3S2. The zero-order chi connectivity index (χ0) is 12.2. The van der Waals surface area contributed by atoms with Gasteiger partial charge in [-0.3, -0.25) is 0 Å². The summed E-state index contributed by atoms with van der Waals surface area (Å²) in [5.74, 6) is 0.0436. The summed E-state index contributed by atoms with van der Waals surface area (Å²) in [6.07, 6.45) is 1.87. The third-order valence-electron chi connectivity index (χ3n) is 2.60. The lowest BCUT2D eigenvalue weighted by Crippen LogP contribution is -2.44. The van der Waals surface area contributed by atoms with Crippen molar-refractivity contribution in [3.8, 4) is 0 Å². The number of nitrogens with two attached hydrogens (primary N) is 1. The molecule has 0 amide bonds. The van der Waals surface area contributed by atoms with Crippen LogP contribution in [0, 0.1) is 5.92 Å². The number of ether oxygens (including phenoxy) is 1. The maximum absolute atomic E-state index is 11.9. The molecule has 1 unspecified atom stereocenters. The minimum absolute atomic E-state index is 0.0221. The zero-order valence-electron chi connectivity index (χ0n) is 9.39. The molecule has 1 atom stereocenters. The summed E-state index contributed by atoms with van der Waals surface area (Å²) < 4.78 is 30.2. The summed E-state index contributed by atoms with van der Waals surface area (Å²) in [4.78, 5) is 0.0221. The fourth-order valence-corrected chi connectivity index (χ4v) is 3.76. The van der Waals surface area contributed by atoms with E-state index in [0.29, 0.717) is 19.7 Å². The Morgan fingerprint density at radius 2 is 2.31 bits per heavy atom. The maximum Gasteiger partial charge on any atom is 0.220 e. The van der Waals surface area contributed by atoms with Crippen LogP contribution in [0.15, 0.2) is 0 Å². The van der Waals surface area contributed by atoms with E-state index in [2.05, 4.69) is 12.2 Å². The van der Waals surface area contributed by atoms with Crippen LogP contribution in [-0.2, 0) is 14.8 Å². The molecule has 1 heterocycles. The molecule has 1 aliphatic rings. The molecule has 0 saturated carbocycles. The van der Waals surface area contributed by atoms with Crippen LogP contribution in [0.1, 0.15) is 12.8 Å². The molecule has 94 valence electrons. The van der Waals surface area contributed by atoms with Gasteiger partial charge in [-0.05, 0) is 18.8 Å². The topological polar surface area (TPSA) is 72.6 Å². The Kier molecular flexibility index (Phi) is 5.10. The summed E-state index contributed by atoms with van der Waals surface area (Å²) >= 11 is 4.64. The van der Waals surface area contributed by atoms with E-state index in [1.165, 1.54) is 4.31 Å². The van der Waals surface area contributed by atoms with Gasteiger partial charge in [0.15, 0.2) is 0 Å². The predicted octanol–water partition coefficient (Wildman–Crippen LogP) is -0.0393. The number of sulfonamides is 1. The number of methoxy groups -OCH3 is 1. The molecule has 0 aromatic rings. The molecule has 0 spiro atoms. The Morgan fingerprint density at radius 3 is 2.88 bits per heavy atom. The lowest BCUT2D eigenvalue weighted by atomic mass is 10.0. The van der Waals surface area contributed by atoms with E-state index in [0.717, 1.165) is 12.8 Å². The summed E-state index contributed by atoms with van der Waals surface area (Å²) in [7, 11) is -1.69. The van der Waals surface area contributed by atoms with Crippen molar-refractivity contribution in [3.05, 3.63) is 0 Å². The van der Waals surface area contributed by atoms with Gasteiger partial charge in [0, 0.05) is 20.2 Å². The van der Waals surface area contributed by atoms with Crippen molar-refractivity contribution >= 4 is 27.2 Å². The van der Waals surface area contributed by atoms with E-state index < -0.39 is 10.0 Å². The molecule has 1 saturated heterocycles.